The van der Waals surface area contributed by atoms with Crippen LogP contribution in [0.15, 0.2) is 60.6 Å². The first-order valence-electron chi connectivity index (χ1n) is 8.46. The summed E-state index contributed by atoms with van der Waals surface area (Å²) in [6.07, 6.45) is 14.2. The average molecular weight is 319 g/mol. The third kappa shape index (κ3) is 7.89. The lowest BCUT2D eigenvalue weighted by molar-refractivity contribution is 0.299. The molecule has 0 atom stereocenters. The topological polar surface area (TPSA) is 38.5 Å². The molecule has 0 bridgehead atoms. The van der Waals surface area contributed by atoms with Crippen molar-refractivity contribution in [2.75, 3.05) is 26.7 Å². The molecule has 2 aliphatic rings. The summed E-state index contributed by atoms with van der Waals surface area (Å²) in [6.45, 7) is 13.7. The fourth-order valence-electron chi connectivity index (χ4n) is 2.39. The minimum atomic E-state index is 0.766. The van der Waals surface area contributed by atoms with Crippen molar-refractivity contribution >= 4 is 0 Å². The van der Waals surface area contributed by atoms with Crippen molar-refractivity contribution in [2.45, 2.75) is 39.5 Å². The van der Waals surface area contributed by atoms with Crippen LogP contribution < -0.4 is 5.73 Å². The molecule has 0 saturated heterocycles. The van der Waals surface area contributed by atoms with Crippen LogP contribution in [0.25, 0.3) is 0 Å². The lowest BCUT2D eigenvalue weighted by Crippen LogP contribution is -2.22. The van der Waals surface area contributed by atoms with Crippen LogP contribution in [0.4, 0.5) is 0 Å². The smallest absolute Gasteiger partial charge is 0.123 e. The second-order valence-electron chi connectivity index (χ2n) is 5.28. The van der Waals surface area contributed by atoms with Gasteiger partial charge in [0.25, 0.3) is 0 Å². The van der Waals surface area contributed by atoms with Gasteiger partial charge >= 0.3 is 0 Å². The van der Waals surface area contributed by atoms with E-state index in [9.17, 15) is 0 Å². The zero-order chi connectivity index (χ0) is 17.5. The van der Waals surface area contributed by atoms with Gasteiger partial charge in [-0.05, 0) is 38.8 Å². The van der Waals surface area contributed by atoms with Crippen molar-refractivity contribution in [1.82, 2.24) is 4.90 Å². The number of ether oxygens (including phenoxy) is 1. The Kier molecular flexibility index (Phi) is 12.8. The minimum Gasteiger partial charge on any atom is -0.496 e. The van der Waals surface area contributed by atoms with E-state index < -0.39 is 0 Å². The average Bonchev–Trinajstić information content (AvgIpc) is 2.85. The number of hydrogen-bond donors (Lipinski definition) is 1. The number of methoxy groups -OCH3 is 1. The van der Waals surface area contributed by atoms with Crippen LogP contribution in [-0.2, 0) is 4.74 Å². The van der Waals surface area contributed by atoms with E-state index >= 15 is 0 Å². The highest BCUT2D eigenvalue weighted by molar-refractivity contribution is 5.39. The summed E-state index contributed by atoms with van der Waals surface area (Å²) in [5.74, 6) is 1.03. The highest BCUT2D eigenvalue weighted by atomic mass is 16.5. The quantitative estimate of drug-likeness (QED) is 0.755. The van der Waals surface area contributed by atoms with Crippen LogP contribution in [-0.4, -0.2) is 31.6 Å². The molecule has 0 aromatic carbocycles. The summed E-state index contributed by atoms with van der Waals surface area (Å²) in [5.41, 5.74) is 8.37. The van der Waals surface area contributed by atoms with Crippen LogP contribution in [0.2, 0.25) is 0 Å². The van der Waals surface area contributed by atoms with Gasteiger partial charge in [0.1, 0.15) is 5.76 Å². The molecule has 3 nitrogen and oxygen atoms in total. The van der Waals surface area contributed by atoms with Crippen molar-refractivity contribution in [3.8, 4) is 0 Å². The highest BCUT2D eigenvalue weighted by Crippen LogP contribution is 2.32. The Balaban J connectivity index is 0.000000591. The largest absolute Gasteiger partial charge is 0.496 e. The van der Waals surface area contributed by atoms with Gasteiger partial charge in [-0.15, -0.1) is 13.2 Å². The van der Waals surface area contributed by atoms with Crippen molar-refractivity contribution in [3.63, 3.8) is 0 Å². The first-order valence-corrected chi connectivity index (χ1v) is 8.46. The van der Waals surface area contributed by atoms with Gasteiger partial charge in [-0.2, -0.15) is 0 Å². The lowest BCUT2D eigenvalue weighted by atomic mass is 10.1. The molecule has 1 heterocycles. The molecule has 130 valence electrons. The van der Waals surface area contributed by atoms with Gasteiger partial charge in [0.05, 0.1) is 7.11 Å². The Hall–Kier alpha value is -1.74. The van der Waals surface area contributed by atoms with Crippen molar-refractivity contribution in [3.05, 3.63) is 60.6 Å². The van der Waals surface area contributed by atoms with Gasteiger partial charge in [-0.3, -0.25) is 0 Å². The predicted octanol–water partition coefficient (Wildman–Crippen LogP) is 4.56. The molecule has 1 aliphatic carbocycles. The number of nitrogens with two attached hydrogens (primary N) is 1. The number of nitrogens with zero attached hydrogens (tertiary/aromatic N) is 1. The van der Waals surface area contributed by atoms with Gasteiger partial charge in [-0.1, -0.05) is 31.2 Å². The summed E-state index contributed by atoms with van der Waals surface area (Å²) in [5, 5.41) is 0. The Morgan fingerprint density at radius 3 is 2.57 bits per heavy atom. The van der Waals surface area contributed by atoms with Gasteiger partial charge < -0.3 is 15.4 Å². The van der Waals surface area contributed by atoms with Gasteiger partial charge in [0, 0.05) is 30.8 Å². The Bertz CT molecular complexity index is 433. The first kappa shape index (κ1) is 21.3. The van der Waals surface area contributed by atoms with E-state index in [-0.39, 0.29) is 0 Å². The van der Waals surface area contributed by atoms with E-state index in [2.05, 4.69) is 43.2 Å². The van der Waals surface area contributed by atoms with Crippen LogP contribution in [0.1, 0.15) is 39.5 Å². The molecule has 0 aromatic rings. The maximum absolute atomic E-state index is 5.57. The maximum atomic E-state index is 5.57. The Labute approximate surface area is 142 Å². The number of rotatable bonds is 5. The summed E-state index contributed by atoms with van der Waals surface area (Å²) >= 11 is 0. The lowest BCUT2D eigenvalue weighted by Gasteiger charge is -2.21. The molecule has 2 N–H and O–H groups in total. The molecular formula is C20H34N2O. The summed E-state index contributed by atoms with van der Waals surface area (Å²) in [4.78, 5) is 2.45. The van der Waals surface area contributed by atoms with Crippen molar-refractivity contribution < 1.29 is 4.74 Å². The zero-order valence-electron chi connectivity index (χ0n) is 15.2. The fourth-order valence-corrected chi connectivity index (χ4v) is 2.39. The number of allylic oxidation sites excluding steroid dienone is 6. The van der Waals surface area contributed by atoms with E-state index in [0.29, 0.717) is 0 Å². The SMILES string of the molecule is C=CC.C=CCC.COC1=CC=CCC2=C1CCN2CCCN. The molecule has 0 unspecified atom stereocenters. The molecule has 2 rings (SSSR count). The van der Waals surface area contributed by atoms with E-state index in [1.165, 1.54) is 11.3 Å². The molecular weight excluding hydrogens is 284 g/mol. The molecule has 0 amide bonds. The van der Waals surface area contributed by atoms with E-state index in [0.717, 1.165) is 51.1 Å². The standard InChI is InChI=1S/C13H20N2O.C4H8.C3H6/c1-16-13-6-3-2-5-12-11(13)7-10-15(12)9-4-8-14;1-3-4-2;1-3-2/h2-3,6H,4-5,7-10,14H2,1H3;3H,1,4H2,2H3;3H,1H2,2H3. The summed E-state index contributed by atoms with van der Waals surface area (Å²) in [6, 6.07) is 0. The van der Waals surface area contributed by atoms with Gasteiger partial charge in [-0.25, -0.2) is 0 Å². The minimum absolute atomic E-state index is 0.766. The Morgan fingerprint density at radius 2 is 2.04 bits per heavy atom. The predicted molar refractivity (Wildman–Crippen MR) is 102 cm³/mol. The van der Waals surface area contributed by atoms with Crippen LogP contribution >= 0.6 is 0 Å². The molecule has 3 heteroatoms. The van der Waals surface area contributed by atoms with Crippen LogP contribution in [0, 0.1) is 0 Å². The van der Waals surface area contributed by atoms with Gasteiger partial charge in [0.15, 0.2) is 0 Å². The highest BCUT2D eigenvalue weighted by Gasteiger charge is 2.24. The molecule has 0 radical (unpaired) electrons. The molecule has 0 saturated carbocycles. The third-order valence-electron chi connectivity index (χ3n) is 3.49. The molecule has 0 spiro atoms. The summed E-state index contributed by atoms with van der Waals surface area (Å²) in [7, 11) is 1.75. The van der Waals surface area contributed by atoms with E-state index in [4.69, 9.17) is 10.5 Å². The van der Waals surface area contributed by atoms with E-state index in [1.54, 1.807) is 13.2 Å². The van der Waals surface area contributed by atoms with Crippen molar-refractivity contribution in [2.24, 2.45) is 5.73 Å². The molecule has 0 fully saturated rings. The summed E-state index contributed by atoms with van der Waals surface area (Å²) < 4.78 is 5.44. The normalized spacial score (nSPS) is 15.3. The first-order chi connectivity index (χ1) is 11.2. The van der Waals surface area contributed by atoms with E-state index in [1.807, 2.05) is 13.0 Å². The maximum Gasteiger partial charge on any atom is 0.123 e. The third-order valence-corrected chi connectivity index (χ3v) is 3.49. The second kappa shape index (κ2) is 13.9. The fraction of sp³-hybridized carbons (Fsp3) is 0.500. The zero-order valence-corrected chi connectivity index (χ0v) is 15.2. The number of hydrogen-bond acceptors (Lipinski definition) is 3. The van der Waals surface area contributed by atoms with Crippen molar-refractivity contribution in [1.29, 1.82) is 0 Å². The molecule has 0 aromatic heterocycles. The second-order valence-corrected chi connectivity index (χ2v) is 5.28. The van der Waals surface area contributed by atoms with Crippen LogP contribution in [0.5, 0.6) is 0 Å². The Morgan fingerprint density at radius 1 is 1.39 bits per heavy atom. The van der Waals surface area contributed by atoms with Gasteiger partial charge in [0.2, 0.25) is 0 Å². The monoisotopic (exact) mass is 318 g/mol. The molecule has 23 heavy (non-hydrogen) atoms. The molecule has 1 aliphatic heterocycles. The van der Waals surface area contributed by atoms with Crippen LogP contribution in [0.3, 0.4) is 0 Å².